The second-order valence-corrected chi connectivity index (χ2v) is 5.89. The van der Waals surface area contributed by atoms with Crippen LogP contribution in [0.3, 0.4) is 0 Å². The Bertz CT molecular complexity index is 346. The van der Waals surface area contributed by atoms with Gasteiger partial charge in [-0.3, -0.25) is 4.90 Å². The second kappa shape index (κ2) is 7.63. The van der Waals surface area contributed by atoms with Crippen molar-refractivity contribution in [3.8, 4) is 0 Å². The molecule has 0 radical (unpaired) electrons. The SMILES string of the molecule is CCN(Cc1ccccc1)CC(O)COC(C)(C)C. The van der Waals surface area contributed by atoms with Crippen LogP contribution in [0.15, 0.2) is 30.3 Å². The Morgan fingerprint density at radius 1 is 1.21 bits per heavy atom. The van der Waals surface area contributed by atoms with Crippen molar-refractivity contribution in [1.82, 2.24) is 4.90 Å². The molecule has 0 saturated heterocycles. The van der Waals surface area contributed by atoms with Crippen LogP contribution in [0.1, 0.15) is 33.3 Å². The molecule has 3 heteroatoms. The van der Waals surface area contributed by atoms with Crippen LogP contribution in [0.25, 0.3) is 0 Å². The summed E-state index contributed by atoms with van der Waals surface area (Å²) in [6, 6.07) is 10.3. The van der Waals surface area contributed by atoms with Crippen molar-refractivity contribution in [2.24, 2.45) is 0 Å². The summed E-state index contributed by atoms with van der Waals surface area (Å²) in [6.07, 6.45) is -0.442. The third-order valence-electron chi connectivity index (χ3n) is 2.87. The second-order valence-electron chi connectivity index (χ2n) is 5.89. The molecule has 1 N–H and O–H groups in total. The fraction of sp³-hybridized carbons (Fsp3) is 0.625. The summed E-state index contributed by atoms with van der Waals surface area (Å²) in [5.41, 5.74) is 1.07. The molecule has 0 aliphatic carbocycles. The van der Waals surface area contributed by atoms with E-state index in [1.807, 2.05) is 39.0 Å². The maximum Gasteiger partial charge on any atom is 0.0900 e. The van der Waals surface area contributed by atoms with Crippen LogP contribution in [0.5, 0.6) is 0 Å². The minimum Gasteiger partial charge on any atom is -0.389 e. The summed E-state index contributed by atoms with van der Waals surface area (Å²) < 4.78 is 5.61. The van der Waals surface area contributed by atoms with Crippen molar-refractivity contribution in [3.63, 3.8) is 0 Å². The first-order valence-electron chi connectivity index (χ1n) is 6.99. The van der Waals surface area contributed by atoms with Crippen molar-refractivity contribution < 1.29 is 9.84 Å². The number of rotatable bonds is 7. The number of hydrogen-bond acceptors (Lipinski definition) is 3. The standard InChI is InChI=1S/C16H27NO2/c1-5-17(11-14-9-7-6-8-10-14)12-15(18)13-19-16(2,3)4/h6-10,15,18H,5,11-13H2,1-4H3. The van der Waals surface area contributed by atoms with Gasteiger partial charge in [0.25, 0.3) is 0 Å². The molecule has 0 saturated carbocycles. The third-order valence-corrected chi connectivity index (χ3v) is 2.87. The predicted octanol–water partition coefficient (Wildman–Crippen LogP) is 2.68. The molecule has 1 atom stereocenters. The van der Waals surface area contributed by atoms with Crippen LogP contribution in [0.4, 0.5) is 0 Å². The molecule has 0 aliphatic heterocycles. The summed E-state index contributed by atoms with van der Waals surface area (Å²) in [5.74, 6) is 0. The van der Waals surface area contributed by atoms with Gasteiger partial charge in [-0.25, -0.2) is 0 Å². The van der Waals surface area contributed by atoms with Gasteiger partial charge in [0, 0.05) is 13.1 Å². The van der Waals surface area contributed by atoms with E-state index >= 15 is 0 Å². The van der Waals surface area contributed by atoms with Crippen molar-refractivity contribution in [2.75, 3.05) is 19.7 Å². The van der Waals surface area contributed by atoms with E-state index in [1.54, 1.807) is 0 Å². The molecular weight excluding hydrogens is 238 g/mol. The minimum atomic E-state index is -0.442. The third kappa shape index (κ3) is 7.31. The summed E-state index contributed by atoms with van der Waals surface area (Å²) in [4.78, 5) is 2.23. The molecule has 0 aromatic heterocycles. The molecule has 108 valence electrons. The van der Waals surface area contributed by atoms with Crippen molar-refractivity contribution >= 4 is 0 Å². The first-order chi connectivity index (χ1) is 8.90. The fourth-order valence-electron chi connectivity index (χ4n) is 1.84. The number of likely N-dealkylation sites (N-methyl/N-ethyl adjacent to an activating group) is 1. The first kappa shape index (κ1) is 16.2. The van der Waals surface area contributed by atoms with Crippen LogP contribution in [-0.2, 0) is 11.3 Å². The van der Waals surface area contributed by atoms with Crippen molar-refractivity contribution in [2.45, 2.75) is 45.9 Å². The summed E-state index contributed by atoms with van der Waals surface area (Å²) in [5, 5.41) is 10.0. The molecule has 0 heterocycles. The average Bonchev–Trinajstić information content (AvgIpc) is 2.36. The average molecular weight is 265 g/mol. The van der Waals surface area contributed by atoms with Gasteiger partial charge in [0.1, 0.15) is 0 Å². The molecule has 19 heavy (non-hydrogen) atoms. The maximum atomic E-state index is 10.0. The zero-order valence-electron chi connectivity index (χ0n) is 12.6. The highest BCUT2D eigenvalue weighted by molar-refractivity contribution is 5.14. The Hall–Kier alpha value is -0.900. The lowest BCUT2D eigenvalue weighted by Crippen LogP contribution is -2.36. The van der Waals surface area contributed by atoms with E-state index in [0.717, 1.165) is 13.1 Å². The molecule has 1 unspecified atom stereocenters. The van der Waals surface area contributed by atoms with E-state index < -0.39 is 6.10 Å². The number of aliphatic hydroxyl groups is 1. The van der Waals surface area contributed by atoms with Gasteiger partial charge >= 0.3 is 0 Å². The number of benzene rings is 1. The number of hydrogen-bond donors (Lipinski definition) is 1. The van der Waals surface area contributed by atoms with Gasteiger partial charge in [-0.1, -0.05) is 37.3 Å². The van der Waals surface area contributed by atoms with E-state index in [2.05, 4.69) is 24.0 Å². The molecule has 0 spiro atoms. The van der Waals surface area contributed by atoms with Crippen LogP contribution in [0, 0.1) is 0 Å². The Morgan fingerprint density at radius 2 is 1.84 bits per heavy atom. The van der Waals surface area contributed by atoms with Crippen LogP contribution < -0.4 is 0 Å². The van der Waals surface area contributed by atoms with Gasteiger partial charge in [0.2, 0.25) is 0 Å². The first-order valence-corrected chi connectivity index (χ1v) is 6.99. The van der Waals surface area contributed by atoms with Crippen LogP contribution >= 0.6 is 0 Å². The molecule has 0 amide bonds. The Kier molecular flexibility index (Phi) is 6.49. The molecule has 0 aliphatic rings. The Balaban J connectivity index is 2.39. The lowest BCUT2D eigenvalue weighted by molar-refractivity contribution is -0.0563. The minimum absolute atomic E-state index is 0.197. The monoisotopic (exact) mass is 265 g/mol. The van der Waals surface area contributed by atoms with Gasteiger partial charge in [0.15, 0.2) is 0 Å². The summed E-state index contributed by atoms with van der Waals surface area (Å²) >= 11 is 0. The molecule has 3 nitrogen and oxygen atoms in total. The molecule has 0 bridgehead atoms. The van der Waals surface area contributed by atoms with Gasteiger partial charge in [0.05, 0.1) is 18.3 Å². The van der Waals surface area contributed by atoms with E-state index in [1.165, 1.54) is 5.56 Å². The van der Waals surface area contributed by atoms with Crippen molar-refractivity contribution in [1.29, 1.82) is 0 Å². The summed E-state index contributed by atoms with van der Waals surface area (Å²) in [7, 11) is 0. The summed E-state index contributed by atoms with van der Waals surface area (Å²) in [6.45, 7) is 10.9. The zero-order chi connectivity index (χ0) is 14.3. The highest BCUT2D eigenvalue weighted by Crippen LogP contribution is 2.09. The Morgan fingerprint density at radius 3 is 2.37 bits per heavy atom. The van der Waals surface area contributed by atoms with Gasteiger partial charge in [-0.15, -0.1) is 0 Å². The predicted molar refractivity (Wildman–Crippen MR) is 79.1 cm³/mol. The molecule has 1 aromatic rings. The van der Waals surface area contributed by atoms with Gasteiger partial charge in [-0.05, 0) is 32.9 Å². The number of nitrogens with zero attached hydrogens (tertiary/aromatic N) is 1. The van der Waals surface area contributed by atoms with Crippen LogP contribution in [0.2, 0.25) is 0 Å². The van der Waals surface area contributed by atoms with E-state index in [0.29, 0.717) is 13.2 Å². The molecule has 1 aromatic carbocycles. The largest absolute Gasteiger partial charge is 0.389 e. The zero-order valence-corrected chi connectivity index (χ0v) is 12.6. The maximum absolute atomic E-state index is 10.0. The highest BCUT2D eigenvalue weighted by Gasteiger charge is 2.15. The fourth-order valence-corrected chi connectivity index (χ4v) is 1.84. The van der Waals surface area contributed by atoms with E-state index in [9.17, 15) is 5.11 Å². The highest BCUT2D eigenvalue weighted by atomic mass is 16.5. The molecular formula is C16H27NO2. The molecule has 1 rings (SSSR count). The smallest absolute Gasteiger partial charge is 0.0900 e. The molecule has 0 fully saturated rings. The van der Waals surface area contributed by atoms with Crippen LogP contribution in [-0.4, -0.2) is 41.4 Å². The number of aliphatic hydroxyl groups excluding tert-OH is 1. The lowest BCUT2D eigenvalue weighted by Gasteiger charge is -2.26. The van der Waals surface area contributed by atoms with Crippen molar-refractivity contribution in [3.05, 3.63) is 35.9 Å². The topological polar surface area (TPSA) is 32.7 Å². The lowest BCUT2D eigenvalue weighted by atomic mass is 10.2. The normalized spacial score (nSPS) is 13.8. The Labute approximate surface area is 117 Å². The number of ether oxygens (including phenoxy) is 1. The van der Waals surface area contributed by atoms with E-state index in [-0.39, 0.29) is 5.60 Å². The van der Waals surface area contributed by atoms with Gasteiger partial charge < -0.3 is 9.84 Å². The quantitative estimate of drug-likeness (QED) is 0.823. The van der Waals surface area contributed by atoms with E-state index in [4.69, 9.17) is 4.74 Å². The van der Waals surface area contributed by atoms with Gasteiger partial charge in [-0.2, -0.15) is 0 Å².